The molecule has 1 fully saturated rings. The largest absolute Gasteiger partial charge is 0.394 e. The highest BCUT2D eigenvalue weighted by atomic mass is 16.3. The molecule has 0 spiro atoms. The van der Waals surface area contributed by atoms with Crippen molar-refractivity contribution in [2.24, 2.45) is 0 Å². The molecule has 27 heavy (non-hydrogen) atoms. The van der Waals surface area contributed by atoms with Crippen molar-refractivity contribution in [3.8, 4) is 11.3 Å². The average Bonchev–Trinajstić information content (AvgIpc) is 3.22. The minimum Gasteiger partial charge on any atom is -0.394 e. The highest BCUT2D eigenvalue weighted by Crippen LogP contribution is 2.24. The number of aliphatic hydroxyl groups excluding tert-OH is 1. The fourth-order valence-corrected chi connectivity index (χ4v) is 3.48. The summed E-state index contributed by atoms with van der Waals surface area (Å²) in [6.07, 6.45) is 6.69. The standard InChI is InChI=1S/C20H24N6O/c27-13-16-8-4-5-9-26(16)20-10-18(23-14-24-20)22-12-19-21-11-17(25-19)15-6-2-1-3-7-15/h1-3,6-7,10-11,14,16,27H,4-5,8-9,12-13H2,(H,21,25)(H,22,23,24). The van der Waals surface area contributed by atoms with Crippen molar-refractivity contribution < 1.29 is 5.11 Å². The van der Waals surface area contributed by atoms with Crippen molar-refractivity contribution in [1.29, 1.82) is 0 Å². The number of benzene rings is 1. The minimum atomic E-state index is 0.139. The smallest absolute Gasteiger partial charge is 0.134 e. The van der Waals surface area contributed by atoms with E-state index in [1.165, 1.54) is 0 Å². The lowest BCUT2D eigenvalue weighted by molar-refractivity contribution is 0.239. The van der Waals surface area contributed by atoms with Crippen molar-refractivity contribution in [2.45, 2.75) is 31.8 Å². The zero-order valence-corrected chi connectivity index (χ0v) is 15.2. The van der Waals surface area contributed by atoms with E-state index in [0.29, 0.717) is 6.54 Å². The molecule has 1 aliphatic heterocycles. The van der Waals surface area contributed by atoms with Gasteiger partial charge >= 0.3 is 0 Å². The van der Waals surface area contributed by atoms with Crippen LogP contribution >= 0.6 is 0 Å². The van der Waals surface area contributed by atoms with Crippen LogP contribution in [0.5, 0.6) is 0 Å². The van der Waals surface area contributed by atoms with Crippen molar-refractivity contribution >= 4 is 11.6 Å². The fraction of sp³-hybridized carbons (Fsp3) is 0.350. The molecule has 0 radical (unpaired) electrons. The molecule has 7 nitrogen and oxygen atoms in total. The molecule has 1 atom stereocenters. The molecule has 0 saturated carbocycles. The zero-order valence-electron chi connectivity index (χ0n) is 15.2. The fourth-order valence-electron chi connectivity index (χ4n) is 3.48. The van der Waals surface area contributed by atoms with Gasteiger partial charge < -0.3 is 20.3 Å². The summed E-state index contributed by atoms with van der Waals surface area (Å²) < 4.78 is 0. The van der Waals surface area contributed by atoms with Gasteiger partial charge in [0, 0.05) is 12.6 Å². The van der Waals surface area contributed by atoms with Crippen LogP contribution in [0.4, 0.5) is 11.6 Å². The first-order chi connectivity index (χ1) is 13.3. The van der Waals surface area contributed by atoms with Crippen LogP contribution < -0.4 is 10.2 Å². The van der Waals surface area contributed by atoms with E-state index in [-0.39, 0.29) is 12.6 Å². The van der Waals surface area contributed by atoms with Gasteiger partial charge in [-0.1, -0.05) is 30.3 Å². The van der Waals surface area contributed by atoms with Gasteiger partial charge in [0.1, 0.15) is 23.8 Å². The Morgan fingerprint density at radius 1 is 1.15 bits per heavy atom. The maximum atomic E-state index is 9.63. The second-order valence-electron chi connectivity index (χ2n) is 6.75. The summed E-state index contributed by atoms with van der Waals surface area (Å²) in [5, 5.41) is 12.9. The van der Waals surface area contributed by atoms with Gasteiger partial charge in [0.25, 0.3) is 0 Å². The van der Waals surface area contributed by atoms with Crippen molar-refractivity contribution in [3.63, 3.8) is 0 Å². The molecule has 1 aliphatic rings. The van der Waals surface area contributed by atoms with E-state index in [1.807, 2.05) is 30.5 Å². The second kappa shape index (κ2) is 8.18. The van der Waals surface area contributed by atoms with Crippen LogP contribution in [0.25, 0.3) is 11.3 Å². The van der Waals surface area contributed by atoms with E-state index < -0.39 is 0 Å². The number of imidazole rings is 1. The molecule has 1 unspecified atom stereocenters. The molecule has 0 aliphatic carbocycles. The van der Waals surface area contributed by atoms with E-state index in [2.05, 4.69) is 42.3 Å². The molecular formula is C20H24N6O. The number of aromatic nitrogens is 4. The van der Waals surface area contributed by atoms with Crippen LogP contribution in [-0.4, -0.2) is 44.2 Å². The number of hydrogen-bond donors (Lipinski definition) is 3. The lowest BCUT2D eigenvalue weighted by Crippen LogP contribution is -2.42. The Balaban J connectivity index is 1.42. The Kier molecular flexibility index (Phi) is 5.29. The van der Waals surface area contributed by atoms with Crippen LogP contribution in [0.2, 0.25) is 0 Å². The van der Waals surface area contributed by atoms with Crippen LogP contribution in [0.15, 0.2) is 48.9 Å². The third-order valence-corrected chi connectivity index (χ3v) is 4.93. The number of H-pyrrole nitrogens is 1. The van der Waals surface area contributed by atoms with E-state index in [4.69, 9.17) is 0 Å². The topological polar surface area (TPSA) is 90.0 Å². The van der Waals surface area contributed by atoms with Gasteiger partial charge in [-0.15, -0.1) is 0 Å². The van der Waals surface area contributed by atoms with Gasteiger partial charge in [0.15, 0.2) is 0 Å². The van der Waals surface area contributed by atoms with E-state index in [0.717, 1.165) is 54.5 Å². The lowest BCUT2D eigenvalue weighted by atomic mass is 10.0. The number of aromatic amines is 1. The summed E-state index contributed by atoms with van der Waals surface area (Å²) in [5.74, 6) is 2.45. The second-order valence-corrected chi connectivity index (χ2v) is 6.75. The number of nitrogens with one attached hydrogen (secondary N) is 2. The van der Waals surface area contributed by atoms with Gasteiger partial charge in [-0.25, -0.2) is 15.0 Å². The maximum absolute atomic E-state index is 9.63. The molecule has 140 valence electrons. The van der Waals surface area contributed by atoms with Crippen LogP contribution in [0.3, 0.4) is 0 Å². The molecule has 0 amide bonds. The van der Waals surface area contributed by atoms with Gasteiger partial charge in [-0.2, -0.15) is 0 Å². The monoisotopic (exact) mass is 364 g/mol. The van der Waals surface area contributed by atoms with Crippen LogP contribution in [0.1, 0.15) is 25.1 Å². The molecule has 7 heteroatoms. The highest BCUT2D eigenvalue weighted by Gasteiger charge is 2.23. The Bertz CT molecular complexity index is 866. The summed E-state index contributed by atoms with van der Waals surface area (Å²) in [4.78, 5) is 18.7. The Morgan fingerprint density at radius 3 is 2.89 bits per heavy atom. The van der Waals surface area contributed by atoms with Gasteiger partial charge in [-0.3, -0.25) is 0 Å². The van der Waals surface area contributed by atoms with Crippen LogP contribution in [-0.2, 0) is 6.54 Å². The molecular weight excluding hydrogens is 340 g/mol. The number of anilines is 2. The van der Waals surface area contributed by atoms with E-state index in [9.17, 15) is 5.11 Å². The first-order valence-electron chi connectivity index (χ1n) is 9.36. The molecule has 1 saturated heterocycles. The average molecular weight is 364 g/mol. The lowest BCUT2D eigenvalue weighted by Gasteiger charge is -2.35. The summed E-state index contributed by atoms with van der Waals surface area (Å²) in [6.45, 7) is 1.62. The number of nitrogens with zero attached hydrogens (tertiary/aromatic N) is 4. The number of piperidine rings is 1. The number of rotatable bonds is 6. The SMILES string of the molecule is OCC1CCCCN1c1cc(NCc2ncc(-c3ccccc3)[nH]2)ncn1. The van der Waals surface area contributed by atoms with E-state index in [1.54, 1.807) is 6.33 Å². The van der Waals surface area contributed by atoms with Gasteiger partial charge in [-0.05, 0) is 24.8 Å². The Hall–Kier alpha value is -2.93. The first-order valence-corrected chi connectivity index (χ1v) is 9.36. The summed E-state index contributed by atoms with van der Waals surface area (Å²) in [5.41, 5.74) is 2.11. The predicted octanol–water partition coefficient (Wildman–Crippen LogP) is 2.83. The van der Waals surface area contributed by atoms with Gasteiger partial charge in [0.05, 0.1) is 31.1 Å². The summed E-state index contributed by atoms with van der Waals surface area (Å²) >= 11 is 0. The van der Waals surface area contributed by atoms with Crippen molar-refractivity contribution in [3.05, 3.63) is 54.7 Å². The zero-order chi connectivity index (χ0) is 18.5. The van der Waals surface area contributed by atoms with Crippen molar-refractivity contribution in [1.82, 2.24) is 19.9 Å². The molecule has 4 rings (SSSR count). The third-order valence-electron chi connectivity index (χ3n) is 4.93. The number of aliphatic hydroxyl groups is 1. The Labute approximate surface area is 158 Å². The number of hydrogen-bond acceptors (Lipinski definition) is 6. The van der Waals surface area contributed by atoms with E-state index >= 15 is 0 Å². The quantitative estimate of drug-likeness (QED) is 0.623. The normalized spacial score (nSPS) is 17.1. The predicted molar refractivity (Wildman–Crippen MR) is 105 cm³/mol. The first kappa shape index (κ1) is 17.5. The van der Waals surface area contributed by atoms with Gasteiger partial charge in [0.2, 0.25) is 0 Å². The third kappa shape index (κ3) is 4.09. The minimum absolute atomic E-state index is 0.139. The molecule has 0 bridgehead atoms. The maximum Gasteiger partial charge on any atom is 0.134 e. The molecule has 3 N–H and O–H groups in total. The van der Waals surface area contributed by atoms with Crippen LogP contribution in [0, 0.1) is 0 Å². The summed E-state index contributed by atoms with van der Waals surface area (Å²) in [6, 6.07) is 12.2. The molecule has 2 aromatic heterocycles. The Morgan fingerprint density at radius 2 is 2.04 bits per heavy atom. The highest BCUT2D eigenvalue weighted by molar-refractivity contribution is 5.58. The molecule has 1 aromatic carbocycles. The summed E-state index contributed by atoms with van der Waals surface area (Å²) in [7, 11) is 0. The molecule has 3 aromatic rings. The van der Waals surface area contributed by atoms with Crippen molar-refractivity contribution in [2.75, 3.05) is 23.4 Å². The molecule has 3 heterocycles.